The van der Waals surface area contributed by atoms with E-state index in [2.05, 4.69) is 25.7 Å². The van der Waals surface area contributed by atoms with E-state index in [1.807, 2.05) is 0 Å². The third-order valence-corrected chi connectivity index (χ3v) is 2.19. The molecule has 0 aromatic heterocycles. The van der Waals surface area contributed by atoms with E-state index in [9.17, 15) is 4.57 Å². The Bertz CT molecular complexity index is 371. The quantitative estimate of drug-likeness (QED) is 0.561. The van der Waals surface area contributed by atoms with Gasteiger partial charge in [-0.1, -0.05) is 18.2 Å². The minimum Gasteiger partial charge on any atom is -0.404 e. The fourth-order valence-corrected chi connectivity index (χ4v) is 1.32. The number of aliphatic hydroxyl groups is 1. The van der Waals surface area contributed by atoms with E-state index >= 15 is 0 Å². The number of phosphoric acid groups is 1. The van der Waals surface area contributed by atoms with Crippen LogP contribution in [0.4, 0.5) is 0 Å². The van der Waals surface area contributed by atoms with Crippen LogP contribution < -0.4 is 4.52 Å². The molecule has 0 amide bonds. The predicted octanol–water partition coefficient (Wildman–Crippen LogP) is 0.843. The highest BCUT2D eigenvalue weighted by molar-refractivity contribution is 7.46. The Morgan fingerprint density at radius 3 is 1.94 bits per heavy atom. The van der Waals surface area contributed by atoms with E-state index in [0.717, 1.165) is 11.0 Å². The maximum absolute atomic E-state index is 10.3. The molecule has 3 N–H and O–H groups in total. The Kier molecular flexibility index (Phi) is 7.13. The van der Waals surface area contributed by atoms with Crippen LogP contribution in [0.1, 0.15) is 0 Å². The molecule has 0 saturated carbocycles. The first-order valence-electron chi connectivity index (χ1n) is 5.35. The SMILES string of the molecule is C[N+](C)(C)CCO.O=P(O)(O)Oc1ccccc1. The highest BCUT2D eigenvalue weighted by atomic mass is 31.2. The topological polar surface area (TPSA) is 87.0 Å². The molecule has 1 aromatic carbocycles. The van der Waals surface area contributed by atoms with Crippen LogP contribution in [0.3, 0.4) is 0 Å². The van der Waals surface area contributed by atoms with Crippen LogP contribution in [0.15, 0.2) is 30.3 Å². The van der Waals surface area contributed by atoms with Gasteiger partial charge in [-0.3, -0.25) is 9.79 Å². The van der Waals surface area contributed by atoms with Crippen LogP contribution >= 0.6 is 7.82 Å². The van der Waals surface area contributed by atoms with E-state index in [1.54, 1.807) is 18.2 Å². The van der Waals surface area contributed by atoms with Crippen molar-refractivity contribution in [2.45, 2.75) is 0 Å². The van der Waals surface area contributed by atoms with Gasteiger partial charge in [-0.15, -0.1) is 0 Å². The van der Waals surface area contributed by atoms with Gasteiger partial charge in [0.25, 0.3) is 0 Å². The molecule has 0 spiro atoms. The van der Waals surface area contributed by atoms with Gasteiger partial charge in [-0.25, -0.2) is 4.57 Å². The summed E-state index contributed by atoms with van der Waals surface area (Å²) in [6, 6.07) is 7.93. The average molecular weight is 278 g/mol. The maximum Gasteiger partial charge on any atom is 0.524 e. The van der Waals surface area contributed by atoms with Crippen molar-refractivity contribution < 1.29 is 28.5 Å². The normalized spacial score (nSPS) is 11.4. The van der Waals surface area contributed by atoms with Crippen molar-refractivity contribution in [1.82, 2.24) is 0 Å². The number of phosphoric ester groups is 1. The zero-order valence-corrected chi connectivity index (χ0v) is 11.7. The lowest BCUT2D eigenvalue weighted by atomic mass is 10.3. The van der Waals surface area contributed by atoms with Gasteiger partial charge in [0, 0.05) is 0 Å². The number of benzene rings is 1. The van der Waals surface area contributed by atoms with Crippen molar-refractivity contribution in [1.29, 1.82) is 0 Å². The number of aliphatic hydroxyl groups excluding tert-OH is 1. The van der Waals surface area contributed by atoms with Crippen molar-refractivity contribution in [3.05, 3.63) is 30.3 Å². The lowest BCUT2D eigenvalue weighted by molar-refractivity contribution is -0.870. The highest BCUT2D eigenvalue weighted by Crippen LogP contribution is 2.36. The average Bonchev–Trinajstić information content (AvgIpc) is 2.15. The molecule has 0 atom stereocenters. The zero-order chi connectivity index (χ0) is 14.2. The summed E-state index contributed by atoms with van der Waals surface area (Å²) in [5.41, 5.74) is 0. The number of nitrogens with zero attached hydrogens (tertiary/aromatic N) is 1. The van der Waals surface area contributed by atoms with E-state index in [-0.39, 0.29) is 12.4 Å². The molecule has 0 aliphatic carbocycles. The lowest BCUT2D eigenvalue weighted by Crippen LogP contribution is -2.36. The van der Waals surface area contributed by atoms with Crippen LogP contribution in [-0.4, -0.2) is 53.7 Å². The predicted molar refractivity (Wildman–Crippen MR) is 69.1 cm³/mol. The molecule has 0 aliphatic rings. The summed E-state index contributed by atoms with van der Waals surface area (Å²) < 4.78 is 15.4. The van der Waals surface area contributed by atoms with Crippen molar-refractivity contribution in [2.24, 2.45) is 0 Å². The molecule has 0 unspecified atom stereocenters. The number of hydrogen-bond acceptors (Lipinski definition) is 3. The second-order valence-corrected chi connectivity index (χ2v) is 5.80. The monoisotopic (exact) mass is 278 g/mol. The zero-order valence-electron chi connectivity index (χ0n) is 10.9. The van der Waals surface area contributed by atoms with Gasteiger partial charge in [0.1, 0.15) is 12.3 Å². The molecule has 0 heterocycles. The van der Waals surface area contributed by atoms with Crippen LogP contribution in [0.2, 0.25) is 0 Å². The molecule has 1 rings (SSSR count). The Labute approximate surface area is 107 Å². The third-order valence-electron chi connectivity index (χ3n) is 1.74. The summed E-state index contributed by atoms with van der Waals surface area (Å²) in [6.07, 6.45) is 0. The van der Waals surface area contributed by atoms with E-state index < -0.39 is 7.82 Å². The largest absolute Gasteiger partial charge is 0.524 e. The van der Waals surface area contributed by atoms with Crippen molar-refractivity contribution in [2.75, 3.05) is 34.3 Å². The van der Waals surface area contributed by atoms with E-state index in [1.165, 1.54) is 12.1 Å². The molecule has 104 valence electrons. The summed E-state index contributed by atoms with van der Waals surface area (Å²) in [4.78, 5) is 16.7. The number of rotatable bonds is 4. The smallest absolute Gasteiger partial charge is 0.404 e. The van der Waals surface area contributed by atoms with Crippen molar-refractivity contribution in [3.63, 3.8) is 0 Å². The third kappa shape index (κ3) is 11.6. The highest BCUT2D eigenvalue weighted by Gasteiger charge is 2.14. The van der Waals surface area contributed by atoms with Gasteiger partial charge in [0.05, 0.1) is 27.7 Å². The number of hydrogen-bond donors (Lipinski definition) is 3. The van der Waals surface area contributed by atoms with Gasteiger partial charge in [0.2, 0.25) is 0 Å². The molecule has 0 saturated heterocycles. The van der Waals surface area contributed by atoms with Gasteiger partial charge in [-0.2, -0.15) is 0 Å². The first kappa shape index (κ1) is 17.1. The summed E-state index contributed by atoms with van der Waals surface area (Å²) in [7, 11) is 1.77. The summed E-state index contributed by atoms with van der Waals surface area (Å²) in [5, 5.41) is 8.39. The van der Waals surface area contributed by atoms with Crippen LogP contribution in [0.5, 0.6) is 5.75 Å². The standard InChI is InChI=1S/C6H7O4P.C5H14NO/c7-11(8,9)10-6-4-2-1-3-5-6;1-6(2,3)4-5-7/h1-5H,(H2,7,8,9);7H,4-5H2,1-3H3/q;+1. The summed E-state index contributed by atoms with van der Waals surface area (Å²) in [5.74, 6) is 0.167. The number of likely N-dealkylation sites (N-methyl/N-ethyl adjacent to an activating group) is 1. The van der Waals surface area contributed by atoms with Crippen molar-refractivity contribution >= 4 is 7.82 Å². The minimum atomic E-state index is -4.39. The minimum absolute atomic E-state index is 0.167. The maximum atomic E-state index is 10.3. The molecule has 1 aromatic rings. The fraction of sp³-hybridized carbons (Fsp3) is 0.455. The molecule has 0 fully saturated rings. The number of quaternary nitrogens is 1. The molecule has 18 heavy (non-hydrogen) atoms. The molecule has 0 radical (unpaired) electrons. The van der Waals surface area contributed by atoms with Gasteiger partial charge in [-0.05, 0) is 12.1 Å². The molecule has 6 nitrogen and oxygen atoms in total. The Hall–Kier alpha value is -0.910. The van der Waals surface area contributed by atoms with Crippen LogP contribution in [0, 0.1) is 0 Å². The Balaban J connectivity index is 0.000000360. The molecule has 0 bridgehead atoms. The molecule has 0 aliphatic heterocycles. The molecule has 7 heteroatoms. The van der Waals surface area contributed by atoms with Gasteiger partial charge < -0.3 is 14.1 Å². The fourth-order valence-electron chi connectivity index (χ4n) is 0.919. The van der Waals surface area contributed by atoms with Gasteiger partial charge in [0.15, 0.2) is 0 Å². The molecular weight excluding hydrogens is 257 g/mol. The lowest BCUT2D eigenvalue weighted by Gasteiger charge is -2.21. The molecular formula is C11H21NO5P+. The summed E-state index contributed by atoms with van der Waals surface area (Å²) in [6.45, 7) is 1.11. The van der Waals surface area contributed by atoms with Crippen LogP contribution in [-0.2, 0) is 4.57 Å². The van der Waals surface area contributed by atoms with E-state index in [0.29, 0.717) is 0 Å². The van der Waals surface area contributed by atoms with E-state index in [4.69, 9.17) is 14.9 Å². The van der Waals surface area contributed by atoms with Gasteiger partial charge >= 0.3 is 7.82 Å². The van der Waals surface area contributed by atoms with Crippen LogP contribution in [0.25, 0.3) is 0 Å². The Morgan fingerprint density at radius 2 is 1.67 bits per heavy atom. The second-order valence-electron chi connectivity index (χ2n) is 4.63. The Morgan fingerprint density at radius 1 is 1.17 bits per heavy atom. The second kappa shape index (κ2) is 7.51. The van der Waals surface area contributed by atoms with Crippen molar-refractivity contribution in [3.8, 4) is 5.75 Å². The first-order chi connectivity index (χ1) is 8.14. The number of para-hydroxylation sites is 1. The summed E-state index contributed by atoms with van der Waals surface area (Å²) >= 11 is 0. The first-order valence-corrected chi connectivity index (χ1v) is 6.88.